The Kier molecular flexibility index (Phi) is 3.42. The van der Waals surface area contributed by atoms with Gasteiger partial charge in [0.05, 0.1) is 6.10 Å². The molecule has 2 rings (SSSR count). The van der Waals surface area contributed by atoms with E-state index in [-0.39, 0.29) is 0 Å². The third-order valence-electron chi connectivity index (χ3n) is 3.76. The highest BCUT2D eigenvalue weighted by Crippen LogP contribution is 2.31. The van der Waals surface area contributed by atoms with E-state index in [2.05, 4.69) is 11.9 Å². The van der Waals surface area contributed by atoms with Gasteiger partial charge in [-0.05, 0) is 45.2 Å². The number of likely N-dealkylation sites (N-methyl/N-ethyl adjacent to an activating group) is 1. The highest BCUT2D eigenvalue weighted by molar-refractivity contribution is 4.89. The third-order valence-corrected chi connectivity index (χ3v) is 3.76. The average molecular weight is 198 g/mol. The topological polar surface area (TPSA) is 38.5 Å². The van der Waals surface area contributed by atoms with Crippen LogP contribution >= 0.6 is 0 Å². The Balaban J connectivity index is 1.74. The van der Waals surface area contributed by atoms with Crippen molar-refractivity contribution in [1.29, 1.82) is 0 Å². The monoisotopic (exact) mass is 198 g/mol. The van der Waals surface area contributed by atoms with Crippen LogP contribution in [0.15, 0.2) is 0 Å². The van der Waals surface area contributed by atoms with Crippen LogP contribution in [0.4, 0.5) is 0 Å². The van der Waals surface area contributed by atoms with Gasteiger partial charge in [0.25, 0.3) is 0 Å². The quantitative estimate of drug-likeness (QED) is 0.727. The van der Waals surface area contributed by atoms with Crippen molar-refractivity contribution in [2.45, 2.75) is 37.8 Å². The van der Waals surface area contributed by atoms with Crippen molar-refractivity contribution >= 4 is 0 Å². The summed E-state index contributed by atoms with van der Waals surface area (Å²) in [7, 11) is 2.22. The molecule has 1 saturated carbocycles. The second-order valence-electron chi connectivity index (χ2n) is 4.72. The fourth-order valence-corrected chi connectivity index (χ4v) is 2.65. The lowest BCUT2D eigenvalue weighted by Crippen LogP contribution is -2.50. The highest BCUT2D eigenvalue weighted by atomic mass is 16.5. The van der Waals surface area contributed by atoms with E-state index in [4.69, 9.17) is 10.5 Å². The summed E-state index contributed by atoms with van der Waals surface area (Å²) >= 11 is 0. The van der Waals surface area contributed by atoms with Gasteiger partial charge >= 0.3 is 0 Å². The van der Waals surface area contributed by atoms with E-state index in [9.17, 15) is 0 Å². The first-order valence-electron chi connectivity index (χ1n) is 5.83. The molecule has 2 N–H and O–H groups in total. The second-order valence-corrected chi connectivity index (χ2v) is 4.72. The minimum atomic E-state index is 0.485. The largest absolute Gasteiger partial charge is 0.377 e. The zero-order valence-electron chi connectivity index (χ0n) is 9.11. The number of nitrogens with two attached hydrogens (primary N) is 1. The lowest BCUT2D eigenvalue weighted by atomic mass is 9.78. The molecule has 2 fully saturated rings. The van der Waals surface area contributed by atoms with Crippen molar-refractivity contribution in [3.8, 4) is 0 Å². The van der Waals surface area contributed by atoms with Gasteiger partial charge in [-0.2, -0.15) is 0 Å². The van der Waals surface area contributed by atoms with Crippen molar-refractivity contribution in [2.75, 3.05) is 26.7 Å². The molecule has 0 aromatic heterocycles. The molecule has 1 saturated heterocycles. The first-order valence-corrected chi connectivity index (χ1v) is 5.83. The Morgan fingerprint density at radius 3 is 2.71 bits per heavy atom. The van der Waals surface area contributed by atoms with E-state index >= 15 is 0 Å². The number of rotatable bonds is 4. The van der Waals surface area contributed by atoms with Crippen LogP contribution in [0.25, 0.3) is 0 Å². The molecule has 0 radical (unpaired) electrons. The fraction of sp³-hybridized carbons (Fsp3) is 1.00. The predicted molar refractivity (Wildman–Crippen MR) is 57.2 cm³/mol. The summed E-state index contributed by atoms with van der Waals surface area (Å²) in [6.07, 6.45) is 5.61. The maximum Gasteiger partial charge on any atom is 0.0702 e. The van der Waals surface area contributed by atoms with Gasteiger partial charge in [-0.3, -0.25) is 0 Å². The number of ether oxygens (including phenoxy) is 1. The van der Waals surface area contributed by atoms with Crippen LogP contribution in [0, 0.1) is 5.92 Å². The summed E-state index contributed by atoms with van der Waals surface area (Å²) in [5.41, 5.74) is 5.71. The van der Waals surface area contributed by atoms with Gasteiger partial charge in [-0.25, -0.2) is 0 Å². The molecule has 0 aromatic rings. The summed E-state index contributed by atoms with van der Waals surface area (Å²) in [6.45, 7) is 2.91. The molecule has 3 unspecified atom stereocenters. The van der Waals surface area contributed by atoms with Crippen LogP contribution in [0.5, 0.6) is 0 Å². The Morgan fingerprint density at radius 2 is 2.21 bits per heavy atom. The second kappa shape index (κ2) is 4.60. The lowest BCUT2D eigenvalue weighted by Gasteiger charge is -2.43. The first-order chi connectivity index (χ1) is 6.81. The molecular weight excluding hydrogens is 176 g/mol. The molecule has 1 heterocycles. The van der Waals surface area contributed by atoms with E-state index < -0.39 is 0 Å². The molecule has 3 nitrogen and oxygen atoms in total. The van der Waals surface area contributed by atoms with Crippen LogP contribution in [0.2, 0.25) is 0 Å². The summed E-state index contributed by atoms with van der Waals surface area (Å²) in [5, 5.41) is 0. The molecule has 0 amide bonds. The fourth-order valence-electron chi connectivity index (χ4n) is 2.65. The number of hydrogen-bond acceptors (Lipinski definition) is 3. The van der Waals surface area contributed by atoms with Crippen LogP contribution < -0.4 is 5.73 Å². The average Bonchev–Trinajstić information content (AvgIpc) is 2.55. The zero-order chi connectivity index (χ0) is 9.97. The molecule has 0 spiro atoms. The SMILES string of the molecule is CN(CC1CCCO1)C1CCC1CN. The summed E-state index contributed by atoms with van der Waals surface area (Å²) in [5.74, 6) is 0.737. The van der Waals surface area contributed by atoms with E-state index in [0.29, 0.717) is 6.10 Å². The molecule has 0 aromatic carbocycles. The van der Waals surface area contributed by atoms with Crippen LogP contribution in [0.1, 0.15) is 25.7 Å². The minimum absolute atomic E-state index is 0.485. The van der Waals surface area contributed by atoms with E-state index in [1.165, 1.54) is 25.7 Å². The molecule has 82 valence electrons. The van der Waals surface area contributed by atoms with Gasteiger partial charge < -0.3 is 15.4 Å². The van der Waals surface area contributed by atoms with Gasteiger partial charge in [0.15, 0.2) is 0 Å². The predicted octanol–water partition coefficient (Wildman–Crippen LogP) is 0.834. The van der Waals surface area contributed by atoms with Gasteiger partial charge in [0, 0.05) is 19.2 Å². The Morgan fingerprint density at radius 1 is 1.36 bits per heavy atom. The van der Waals surface area contributed by atoms with Crippen LogP contribution in [-0.4, -0.2) is 43.8 Å². The molecule has 0 bridgehead atoms. The highest BCUT2D eigenvalue weighted by Gasteiger charge is 2.33. The Bertz CT molecular complexity index is 178. The number of nitrogens with zero attached hydrogens (tertiary/aromatic N) is 1. The Labute approximate surface area is 86.6 Å². The normalized spacial score (nSPS) is 37.5. The smallest absolute Gasteiger partial charge is 0.0702 e. The van der Waals surface area contributed by atoms with Crippen molar-refractivity contribution < 1.29 is 4.74 Å². The summed E-state index contributed by atoms with van der Waals surface area (Å²) < 4.78 is 5.64. The number of hydrogen-bond donors (Lipinski definition) is 1. The van der Waals surface area contributed by atoms with E-state index in [0.717, 1.165) is 31.7 Å². The maximum atomic E-state index is 5.71. The summed E-state index contributed by atoms with van der Waals surface area (Å²) in [4.78, 5) is 2.46. The molecule has 3 atom stereocenters. The minimum Gasteiger partial charge on any atom is -0.377 e. The molecule has 3 heteroatoms. The summed E-state index contributed by atoms with van der Waals surface area (Å²) in [6, 6.07) is 0.726. The van der Waals surface area contributed by atoms with Crippen LogP contribution in [0.3, 0.4) is 0 Å². The molecule has 14 heavy (non-hydrogen) atoms. The van der Waals surface area contributed by atoms with Crippen molar-refractivity contribution in [1.82, 2.24) is 4.90 Å². The van der Waals surface area contributed by atoms with E-state index in [1.54, 1.807) is 0 Å². The standard InChI is InChI=1S/C11H22N2O/c1-13(8-10-3-2-6-14-10)11-5-4-9(11)7-12/h9-11H,2-8,12H2,1H3. The Hall–Kier alpha value is -0.120. The van der Waals surface area contributed by atoms with Gasteiger partial charge in [0.2, 0.25) is 0 Å². The van der Waals surface area contributed by atoms with Crippen molar-refractivity contribution in [3.05, 3.63) is 0 Å². The first kappa shape index (κ1) is 10.4. The molecule has 2 aliphatic rings. The zero-order valence-corrected chi connectivity index (χ0v) is 9.11. The van der Waals surface area contributed by atoms with Gasteiger partial charge in [-0.15, -0.1) is 0 Å². The van der Waals surface area contributed by atoms with E-state index in [1.807, 2.05) is 0 Å². The molecule has 1 aliphatic carbocycles. The van der Waals surface area contributed by atoms with Crippen LogP contribution in [-0.2, 0) is 4.74 Å². The maximum absolute atomic E-state index is 5.71. The van der Waals surface area contributed by atoms with Crippen molar-refractivity contribution in [3.63, 3.8) is 0 Å². The molecular formula is C11H22N2O. The lowest BCUT2D eigenvalue weighted by molar-refractivity contribution is 0.0284. The third kappa shape index (κ3) is 2.10. The van der Waals surface area contributed by atoms with Gasteiger partial charge in [-0.1, -0.05) is 0 Å². The van der Waals surface area contributed by atoms with Gasteiger partial charge in [0.1, 0.15) is 0 Å². The van der Waals surface area contributed by atoms with Crippen molar-refractivity contribution in [2.24, 2.45) is 11.7 Å². The molecule has 1 aliphatic heterocycles.